The van der Waals surface area contributed by atoms with Crippen LogP contribution < -0.4 is 5.76 Å². The Morgan fingerprint density at radius 2 is 2.00 bits per heavy atom. The van der Waals surface area contributed by atoms with Gasteiger partial charge in [-0.15, -0.1) is 5.10 Å². The van der Waals surface area contributed by atoms with E-state index in [0.29, 0.717) is 11.2 Å². The van der Waals surface area contributed by atoms with Crippen molar-refractivity contribution in [3.8, 4) is 5.69 Å². The minimum atomic E-state index is -0.626. The highest BCUT2D eigenvalue weighted by atomic mass is 16.5. The molecule has 0 unspecified atom stereocenters. The molecule has 0 bridgehead atoms. The third-order valence-corrected chi connectivity index (χ3v) is 3.90. The summed E-state index contributed by atoms with van der Waals surface area (Å²) in [5.74, 6) is -1.24. The summed E-state index contributed by atoms with van der Waals surface area (Å²) in [5.41, 5.74) is 2.13. The topological polar surface area (TPSA) is 103 Å². The van der Waals surface area contributed by atoms with Gasteiger partial charge in [0.15, 0.2) is 5.58 Å². The van der Waals surface area contributed by atoms with Gasteiger partial charge in [-0.2, -0.15) is 0 Å². The number of nitrogens with zero attached hydrogens (tertiary/aromatic N) is 3. The molecular weight excluding hydrogens is 336 g/mol. The number of hydrogen-bond donors (Lipinski definition) is 1. The van der Waals surface area contributed by atoms with Gasteiger partial charge in [0.2, 0.25) is 0 Å². The van der Waals surface area contributed by atoms with Crippen LogP contribution in [0.3, 0.4) is 0 Å². The Morgan fingerprint density at radius 1 is 1.19 bits per heavy atom. The fourth-order valence-electron chi connectivity index (χ4n) is 2.59. The van der Waals surface area contributed by atoms with E-state index >= 15 is 0 Å². The lowest BCUT2D eigenvalue weighted by molar-refractivity contribution is 0.0330. The van der Waals surface area contributed by atoms with E-state index in [9.17, 15) is 9.59 Å². The van der Waals surface area contributed by atoms with Crippen molar-refractivity contribution in [2.24, 2.45) is 0 Å². The zero-order valence-electron chi connectivity index (χ0n) is 13.7. The van der Waals surface area contributed by atoms with E-state index in [1.807, 2.05) is 30.3 Å². The van der Waals surface area contributed by atoms with Crippen LogP contribution in [0.25, 0.3) is 16.8 Å². The van der Waals surface area contributed by atoms with E-state index < -0.39 is 17.8 Å². The highest BCUT2D eigenvalue weighted by molar-refractivity contribution is 6.00. The first-order valence-corrected chi connectivity index (χ1v) is 7.92. The maximum atomic E-state index is 12.5. The Bertz CT molecular complexity index is 1130. The molecule has 1 N–H and O–H groups in total. The maximum Gasteiger partial charge on any atom is 0.417 e. The van der Waals surface area contributed by atoms with Gasteiger partial charge in [0.25, 0.3) is 0 Å². The number of aromatic nitrogens is 4. The summed E-state index contributed by atoms with van der Waals surface area (Å²) in [6.07, 6.45) is 1.07. The van der Waals surface area contributed by atoms with Crippen LogP contribution in [0.2, 0.25) is 0 Å². The molecule has 130 valence electrons. The summed E-state index contributed by atoms with van der Waals surface area (Å²) in [4.78, 5) is 26.3. The Kier molecular flexibility index (Phi) is 3.85. The number of para-hydroxylation sites is 2. The van der Waals surface area contributed by atoms with Gasteiger partial charge in [-0.05, 0) is 31.2 Å². The molecule has 0 amide bonds. The number of carbonyl (C=O) groups is 1. The molecule has 2 aromatic carbocycles. The minimum absolute atomic E-state index is 0.169. The SMILES string of the molecule is C[C@H](OC(=O)c1cccc2[nH]c(=O)oc12)c1cn(-c2ccccc2)nn1. The van der Waals surface area contributed by atoms with Crippen LogP contribution >= 0.6 is 0 Å². The van der Waals surface area contributed by atoms with Crippen LogP contribution in [0.15, 0.2) is 63.9 Å². The number of ether oxygens (including phenoxy) is 1. The molecule has 26 heavy (non-hydrogen) atoms. The van der Waals surface area contributed by atoms with E-state index in [0.717, 1.165) is 5.69 Å². The van der Waals surface area contributed by atoms with Crippen LogP contribution in [0.5, 0.6) is 0 Å². The summed E-state index contributed by atoms with van der Waals surface area (Å²) < 4.78 is 12.1. The number of esters is 1. The average molecular weight is 350 g/mol. The Labute approximate surface area is 147 Å². The van der Waals surface area contributed by atoms with Crippen molar-refractivity contribution in [3.05, 3.63) is 76.5 Å². The lowest BCUT2D eigenvalue weighted by Crippen LogP contribution is -2.10. The third-order valence-electron chi connectivity index (χ3n) is 3.90. The van der Waals surface area contributed by atoms with Crippen LogP contribution in [0, 0.1) is 0 Å². The van der Waals surface area contributed by atoms with Gasteiger partial charge in [0.05, 0.1) is 17.4 Å². The van der Waals surface area contributed by atoms with Crippen LogP contribution in [0.1, 0.15) is 29.1 Å². The van der Waals surface area contributed by atoms with E-state index in [4.69, 9.17) is 9.15 Å². The molecule has 2 heterocycles. The number of hydrogen-bond acceptors (Lipinski definition) is 6. The first-order valence-electron chi connectivity index (χ1n) is 7.92. The summed E-state index contributed by atoms with van der Waals surface area (Å²) in [6, 6.07) is 14.3. The van der Waals surface area contributed by atoms with Crippen molar-refractivity contribution in [3.63, 3.8) is 0 Å². The van der Waals surface area contributed by atoms with Crippen LogP contribution in [-0.2, 0) is 4.74 Å². The summed E-state index contributed by atoms with van der Waals surface area (Å²) in [6.45, 7) is 1.70. The molecule has 0 saturated carbocycles. The Hall–Kier alpha value is -3.68. The molecule has 8 heteroatoms. The fraction of sp³-hybridized carbons (Fsp3) is 0.111. The second-order valence-corrected chi connectivity index (χ2v) is 5.67. The summed E-state index contributed by atoms with van der Waals surface area (Å²) in [7, 11) is 0. The molecule has 0 spiro atoms. The highest BCUT2D eigenvalue weighted by Gasteiger charge is 2.20. The molecular formula is C18H14N4O4. The third kappa shape index (κ3) is 2.88. The van der Waals surface area contributed by atoms with Gasteiger partial charge in [-0.3, -0.25) is 4.98 Å². The standard InChI is InChI=1S/C18H14N4O4/c1-11(15-10-22(21-20-15)12-6-3-2-4-7-12)25-17(23)13-8-5-9-14-16(13)26-18(24)19-14/h2-11H,1H3,(H,19,24)/t11-/m0/s1. The fourth-order valence-corrected chi connectivity index (χ4v) is 2.59. The Balaban J connectivity index is 1.56. The smallest absolute Gasteiger partial charge is 0.417 e. The van der Waals surface area contributed by atoms with Crippen molar-refractivity contribution in [1.29, 1.82) is 0 Å². The zero-order chi connectivity index (χ0) is 18.1. The average Bonchev–Trinajstić information content (AvgIpc) is 3.28. The Morgan fingerprint density at radius 3 is 2.81 bits per heavy atom. The number of benzene rings is 2. The van der Waals surface area contributed by atoms with E-state index in [1.165, 1.54) is 6.07 Å². The minimum Gasteiger partial charge on any atom is -0.452 e. The maximum absolute atomic E-state index is 12.5. The lowest BCUT2D eigenvalue weighted by Gasteiger charge is -2.10. The molecule has 8 nitrogen and oxygen atoms in total. The first-order chi connectivity index (χ1) is 12.6. The number of nitrogens with one attached hydrogen (secondary N) is 1. The van der Waals surface area contributed by atoms with Crippen LogP contribution in [-0.4, -0.2) is 25.9 Å². The first kappa shape index (κ1) is 15.8. The predicted octanol–water partition coefficient (Wildman–Crippen LogP) is 2.62. The molecule has 0 aliphatic rings. The quantitative estimate of drug-likeness (QED) is 0.568. The van der Waals surface area contributed by atoms with Crippen molar-refractivity contribution in [2.45, 2.75) is 13.0 Å². The highest BCUT2D eigenvalue weighted by Crippen LogP contribution is 2.21. The number of rotatable bonds is 4. The molecule has 4 aromatic rings. The number of fused-ring (bicyclic) bond motifs is 1. The molecule has 0 aliphatic heterocycles. The second-order valence-electron chi connectivity index (χ2n) is 5.67. The van der Waals surface area contributed by atoms with Crippen LogP contribution in [0.4, 0.5) is 0 Å². The second kappa shape index (κ2) is 6.32. The largest absolute Gasteiger partial charge is 0.452 e. The van der Waals surface area contributed by atoms with Crippen molar-refractivity contribution < 1.29 is 13.9 Å². The molecule has 4 rings (SSSR count). The summed E-state index contributed by atoms with van der Waals surface area (Å²) >= 11 is 0. The number of aromatic amines is 1. The van der Waals surface area contributed by atoms with Gasteiger partial charge >= 0.3 is 11.7 Å². The van der Waals surface area contributed by atoms with Gasteiger partial charge in [-0.25, -0.2) is 14.3 Å². The zero-order valence-corrected chi connectivity index (χ0v) is 13.7. The van der Waals surface area contributed by atoms with Gasteiger partial charge in [0, 0.05) is 0 Å². The summed E-state index contributed by atoms with van der Waals surface area (Å²) in [5, 5.41) is 8.11. The molecule has 0 saturated heterocycles. The molecule has 0 radical (unpaired) electrons. The number of H-pyrrole nitrogens is 1. The normalized spacial score (nSPS) is 12.2. The van der Waals surface area contributed by atoms with Gasteiger partial charge in [0.1, 0.15) is 17.4 Å². The van der Waals surface area contributed by atoms with Gasteiger partial charge in [-0.1, -0.05) is 29.5 Å². The lowest BCUT2D eigenvalue weighted by atomic mass is 10.2. The van der Waals surface area contributed by atoms with E-state index in [-0.39, 0.29) is 11.1 Å². The van der Waals surface area contributed by atoms with Crippen molar-refractivity contribution in [2.75, 3.05) is 0 Å². The number of carbonyl (C=O) groups excluding carboxylic acids is 1. The van der Waals surface area contributed by atoms with E-state index in [2.05, 4.69) is 15.3 Å². The molecule has 2 aromatic heterocycles. The number of oxazole rings is 1. The monoisotopic (exact) mass is 350 g/mol. The molecule has 1 atom stereocenters. The molecule has 0 aliphatic carbocycles. The van der Waals surface area contributed by atoms with E-state index in [1.54, 1.807) is 29.9 Å². The van der Waals surface area contributed by atoms with Crippen molar-refractivity contribution in [1.82, 2.24) is 20.0 Å². The van der Waals surface area contributed by atoms with Gasteiger partial charge < -0.3 is 9.15 Å². The molecule has 0 fully saturated rings. The van der Waals surface area contributed by atoms with Crippen molar-refractivity contribution >= 4 is 17.1 Å². The predicted molar refractivity (Wildman–Crippen MR) is 92.0 cm³/mol.